The van der Waals surface area contributed by atoms with Crippen molar-refractivity contribution in [1.29, 1.82) is 0 Å². The van der Waals surface area contributed by atoms with E-state index in [1.165, 1.54) is 24.9 Å². The van der Waals surface area contributed by atoms with Crippen molar-refractivity contribution >= 4 is 29.1 Å². The number of anilines is 3. The summed E-state index contributed by atoms with van der Waals surface area (Å²) in [6.45, 7) is 8.56. The van der Waals surface area contributed by atoms with Crippen LogP contribution in [0.1, 0.15) is 83.0 Å². The third-order valence-corrected chi connectivity index (χ3v) is 6.64. The molecular formula is C27H38FN5O3. The molecule has 36 heavy (non-hydrogen) atoms. The highest BCUT2D eigenvalue weighted by atomic mass is 19.1. The third kappa shape index (κ3) is 7.38. The van der Waals surface area contributed by atoms with E-state index < -0.39 is 23.7 Å². The van der Waals surface area contributed by atoms with Crippen LogP contribution >= 0.6 is 0 Å². The van der Waals surface area contributed by atoms with E-state index in [0.29, 0.717) is 40.8 Å². The average molecular weight is 500 g/mol. The first kappa shape index (κ1) is 27.4. The monoisotopic (exact) mass is 499 g/mol. The molecule has 8 nitrogen and oxygen atoms in total. The summed E-state index contributed by atoms with van der Waals surface area (Å²) in [5.41, 5.74) is 1.82. The van der Waals surface area contributed by atoms with Crippen molar-refractivity contribution in [3.8, 4) is 0 Å². The minimum absolute atomic E-state index is 0.183. The van der Waals surface area contributed by atoms with Gasteiger partial charge in [0.1, 0.15) is 11.6 Å². The maximum atomic E-state index is 15.5. The van der Waals surface area contributed by atoms with Crippen molar-refractivity contribution in [2.75, 3.05) is 22.1 Å². The van der Waals surface area contributed by atoms with E-state index in [-0.39, 0.29) is 12.5 Å². The van der Waals surface area contributed by atoms with Crippen molar-refractivity contribution in [2.45, 2.75) is 84.6 Å². The number of hydrogen-bond acceptors (Lipinski definition) is 5. The Kier molecular flexibility index (Phi) is 9.61. The molecule has 9 heteroatoms. The second-order valence-corrected chi connectivity index (χ2v) is 10.0. The highest BCUT2D eigenvalue weighted by Gasteiger charge is 2.27. The van der Waals surface area contributed by atoms with Gasteiger partial charge in [-0.2, -0.15) is 0 Å². The standard InChI is InChI=1S/C27H38FN5O3/c1-5-19(11-26(34)35)22-12-24(32-27(36)31-20-14-29-18(4)30-15-20)25(13-23(22)28)33(16-17(2)3)21-9-7-6-8-10-21/h12-15,17,19,21H,5-11,16H2,1-4H3,(H,34,35)(H2,31,32,36). The second-order valence-electron chi connectivity index (χ2n) is 10.0. The maximum absolute atomic E-state index is 15.5. The zero-order valence-corrected chi connectivity index (χ0v) is 21.7. The molecule has 0 aliphatic heterocycles. The SMILES string of the molecule is CCC(CC(=O)O)c1cc(NC(=O)Nc2cnc(C)nc2)c(N(CC(C)C)C2CCCCC2)cc1F. The molecule has 1 aromatic carbocycles. The van der Waals surface area contributed by atoms with Crippen LogP contribution in [-0.4, -0.2) is 39.7 Å². The molecular weight excluding hydrogens is 461 g/mol. The van der Waals surface area contributed by atoms with Gasteiger partial charge in [-0.25, -0.2) is 19.2 Å². The van der Waals surface area contributed by atoms with Crippen LogP contribution in [0.15, 0.2) is 24.5 Å². The summed E-state index contributed by atoms with van der Waals surface area (Å²) >= 11 is 0. The number of halogens is 1. The number of carboxylic acid groups (broad SMARTS) is 1. The van der Waals surface area contributed by atoms with Gasteiger partial charge < -0.3 is 20.6 Å². The van der Waals surface area contributed by atoms with Crippen LogP contribution in [-0.2, 0) is 4.79 Å². The molecule has 2 amide bonds. The lowest BCUT2D eigenvalue weighted by Crippen LogP contribution is -2.40. The van der Waals surface area contributed by atoms with Crippen LogP contribution < -0.4 is 15.5 Å². The van der Waals surface area contributed by atoms with Crippen LogP contribution in [0.3, 0.4) is 0 Å². The lowest BCUT2D eigenvalue weighted by Gasteiger charge is -2.38. The summed E-state index contributed by atoms with van der Waals surface area (Å²) in [6.07, 6.45) is 8.78. The number of benzene rings is 1. The van der Waals surface area contributed by atoms with Crippen molar-refractivity contribution < 1.29 is 19.1 Å². The van der Waals surface area contributed by atoms with Gasteiger partial charge in [-0.05, 0) is 55.7 Å². The lowest BCUT2D eigenvalue weighted by atomic mass is 9.90. The number of hydrogen-bond donors (Lipinski definition) is 3. The van der Waals surface area contributed by atoms with Gasteiger partial charge in [0, 0.05) is 12.6 Å². The van der Waals surface area contributed by atoms with Gasteiger partial charge in [-0.3, -0.25) is 4.79 Å². The van der Waals surface area contributed by atoms with Crippen LogP contribution in [0.4, 0.5) is 26.2 Å². The molecule has 1 aromatic heterocycles. The predicted octanol–water partition coefficient (Wildman–Crippen LogP) is 6.33. The maximum Gasteiger partial charge on any atom is 0.323 e. The van der Waals surface area contributed by atoms with Crippen LogP contribution in [0.25, 0.3) is 0 Å². The summed E-state index contributed by atoms with van der Waals surface area (Å²) < 4.78 is 15.5. The first-order chi connectivity index (χ1) is 17.2. The minimum Gasteiger partial charge on any atom is -0.481 e. The van der Waals surface area contributed by atoms with Crippen LogP contribution in [0.2, 0.25) is 0 Å². The number of aliphatic carboxylic acids is 1. The Labute approximate surface area is 212 Å². The summed E-state index contributed by atoms with van der Waals surface area (Å²) in [6, 6.07) is 2.84. The molecule has 196 valence electrons. The van der Waals surface area contributed by atoms with E-state index in [1.807, 2.05) is 6.92 Å². The lowest BCUT2D eigenvalue weighted by molar-refractivity contribution is -0.137. The van der Waals surface area contributed by atoms with Gasteiger partial charge in [-0.15, -0.1) is 0 Å². The molecule has 1 unspecified atom stereocenters. The molecule has 1 aliphatic rings. The fraction of sp³-hybridized carbons (Fsp3) is 0.556. The number of rotatable bonds is 10. The van der Waals surface area contributed by atoms with Crippen LogP contribution in [0.5, 0.6) is 0 Å². The topological polar surface area (TPSA) is 107 Å². The highest BCUT2D eigenvalue weighted by Crippen LogP contribution is 2.38. The first-order valence-electron chi connectivity index (χ1n) is 12.9. The molecule has 0 saturated heterocycles. The van der Waals surface area contributed by atoms with Gasteiger partial charge >= 0.3 is 12.0 Å². The Morgan fingerprint density at radius 3 is 2.39 bits per heavy atom. The number of amides is 2. The third-order valence-electron chi connectivity index (χ3n) is 6.64. The Balaban J connectivity index is 2.02. The number of aromatic nitrogens is 2. The normalized spacial score (nSPS) is 14.9. The smallest absolute Gasteiger partial charge is 0.323 e. The number of nitrogens with one attached hydrogen (secondary N) is 2. The van der Waals surface area contributed by atoms with Crippen molar-refractivity contribution in [3.63, 3.8) is 0 Å². The number of carbonyl (C=O) groups is 2. The van der Waals surface area contributed by atoms with Crippen molar-refractivity contribution in [1.82, 2.24) is 9.97 Å². The molecule has 1 heterocycles. The largest absolute Gasteiger partial charge is 0.481 e. The zero-order valence-electron chi connectivity index (χ0n) is 21.7. The number of carboxylic acids is 1. The molecule has 1 fully saturated rings. The molecule has 0 spiro atoms. The molecule has 1 saturated carbocycles. The van der Waals surface area contributed by atoms with Gasteiger partial charge in [0.15, 0.2) is 0 Å². The Hall–Kier alpha value is -3.23. The van der Waals surface area contributed by atoms with E-state index >= 15 is 4.39 Å². The minimum atomic E-state index is -0.986. The number of nitrogens with zero attached hydrogens (tertiary/aromatic N) is 3. The molecule has 2 aromatic rings. The fourth-order valence-electron chi connectivity index (χ4n) is 4.89. The van der Waals surface area contributed by atoms with E-state index in [0.717, 1.165) is 32.2 Å². The van der Waals surface area contributed by atoms with Crippen LogP contribution in [0, 0.1) is 18.7 Å². The average Bonchev–Trinajstić information content (AvgIpc) is 2.84. The Bertz CT molecular complexity index is 1040. The van der Waals surface area contributed by atoms with E-state index in [9.17, 15) is 14.7 Å². The zero-order chi connectivity index (χ0) is 26.2. The number of aryl methyl sites for hydroxylation is 1. The summed E-state index contributed by atoms with van der Waals surface area (Å²) in [5.74, 6) is -1.01. The number of urea groups is 1. The molecule has 1 atom stereocenters. The Morgan fingerprint density at radius 1 is 1.14 bits per heavy atom. The predicted molar refractivity (Wildman–Crippen MR) is 140 cm³/mol. The summed E-state index contributed by atoms with van der Waals surface area (Å²) in [7, 11) is 0. The van der Waals surface area contributed by atoms with Gasteiger partial charge in [0.05, 0.1) is 35.9 Å². The molecule has 3 rings (SSSR count). The van der Waals surface area contributed by atoms with Gasteiger partial charge in [0.25, 0.3) is 0 Å². The molecule has 1 aliphatic carbocycles. The fourth-order valence-corrected chi connectivity index (χ4v) is 4.89. The van der Waals surface area contributed by atoms with E-state index in [4.69, 9.17) is 0 Å². The van der Waals surface area contributed by atoms with Crippen molar-refractivity contribution in [3.05, 3.63) is 41.7 Å². The van der Waals surface area contributed by atoms with Gasteiger partial charge in [-0.1, -0.05) is 40.0 Å². The van der Waals surface area contributed by atoms with E-state index in [1.54, 1.807) is 13.0 Å². The molecule has 3 N–H and O–H groups in total. The molecule has 0 bridgehead atoms. The number of carbonyl (C=O) groups excluding carboxylic acids is 1. The van der Waals surface area contributed by atoms with Gasteiger partial charge in [0.2, 0.25) is 0 Å². The second kappa shape index (κ2) is 12.6. The highest BCUT2D eigenvalue weighted by molar-refractivity contribution is 6.01. The first-order valence-corrected chi connectivity index (χ1v) is 12.9. The quantitative estimate of drug-likeness (QED) is 0.352. The van der Waals surface area contributed by atoms with Crippen molar-refractivity contribution in [2.24, 2.45) is 5.92 Å². The molecule has 0 radical (unpaired) electrons. The van der Waals surface area contributed by atoms with E-state index in [2.05, 4.69) is 39.3 Å². The Morgan fingerprint density at radius 2 is 1.81 bits per heavy atom. The summed E-state index contributed by atoms with van der Waals surface area (Å²) in [5, 5.41) is 15.0. The summed E-state index contributed by atoms with van der Waals surface area (Å²) in [4.78, 5) is 34.8.